The Morgan fingerprint density at radius 1 is 1.06 bits per heavy atom. The summed E-state index contributed by atoms with van der Waals surface area (Å²) in [6, 6.07) is 16.2. The summed E-state index contributed by atoms with van der Waals surface area (Å²) in [5.41, 5.74) is 2.61. The van der Waals surface area contributed by atoms with E-state index in [2.05, 4.69) is 5.32 Å². The molecule has 2 aromatic carbocycles. The molecule has 0 saturated heterocycles. The zero-order chi connectivity index (χ0) is 23.3. The summed E-state index contributed by atoms with van der Waals surface area (Å²) in [5, 5.41) is 17.4. The van der Waals surface area contributed by atoms with E-state index in [0.29, 0.717) is 27.8 Å². The Balaban J connectivity index is 1.97. The van der Waals surface area contributed by atoms with Crippen LogP contribution in [0, 0.1) is 0 Å². The molecular weight excluding hydrogens is 465 g/mol. The van der Waals surface area contributed by atoms with Gasteiger partial charge in [-0.1, -0.05) is 53.6 Å². The van der Waals surface area contributed by atoms with E-state index in [1.807, 2.05) is 55.4 Å². The van der Waals surface area contributed by atoms with Crippen molar-refractivity contribution < 1.29 is 14.4 Å². The van der Waals surface area contributed by atoms with Crippen LogP contribution in [0.3, 0.4) is 0 Å². The van der Waals surface area contributed by atoms with E-state index in [1.54, 1.807) is 42.3 Å². The van der Waals surface area contributed by atoms with Gasteiger partial charge in [0.05, 0.1) is 7.11 Å². The lowest BCUT2D eigenvalue weighted by Crippen LogP contribution is -2.42. The molecule has 0 saturated carbocycles. The van der Waals surface area contributed by atoms with Gasteiger partial charge in [0.25, 0.3) is 0 Å². The first-order valence-corrected chi connectivity index (χ1v) is 10.9. The molecule has 0 aliphatic carbocycles. The molecule has 1 aromatic heterocycles. The van der Waals surface area contributed by atoms with E-state index in [0.717, 1.165) is 17.0 Å². The van der Waals surface area contributed by atoms with Crippen LogP contribution < -0.4 is 24.6 Å². The van der Waals surface area contributed by atoms with Gasteiger partial charge in [-0.05, 0) is 41.2 Å². The third-order valence-corrected chi connectivity index (χ3v) is 5.69. The van der Waals surface area contributed by atoms with Crippen molar-refractivity contribution in [3.63, 3.8) is 0 Å². The van der Waals surface area contributed by atoms with Crippen LogP contribution in [0.1, 0.15) is 11.1 Å². The molecule has 5 nitrogen and oxygen atoms in total. The van der Waals surface area contributed by atoms with Gasteiger partial charge in [0.15, 0.2) is 17.4 Å². The fourth-order valence-electron chi connectivity index (χ4n) is 3.01. The Labute approximate surface area is 203 Å². The maximum absolute atomic E-state index is 13.5. The number of pyridine rings is 1. The highest BCUT2D eigenvalue weighted by atomic mass is 35.5. The Morgan fingerprint density at radius 2 is 1.72 bits per heavy atom. The number of aromatic nitrogens is 1. The van der Waals surface area contributed by atoms with E-state index >= 15 is 0 Å². The van der Waals surface area contributed by atoms with Gasteiger partial charge in [0.1, 0.15) is 5.75 Å². The second kappa shape index (κ2) is 10.7. The molecule has 0 spiro atoms. The normalized spacial score (nSPS) is 11.5. The number of anilines is 1. The maximum atomic E-state index is 13.5. The second-order valence-corrected chi connectivity index (χ2v) is 8.44. The van der Waals surface area contributed by atoms with Gasteiger partial charge < -0.3 is 20.1 Å². The standard InChI is InChI=1S/C24H23Cl2N3O2S/c1-28(2)18-10-12-29(13-11-18)22(23(30)20-9-6-17(25)14-21(20)26)24(32)27-15-16-4-7-19(31-3)8-5-16/h4-14H,15H2,1-3H3,(H-,27,30,32). The number of methoxy groups -OCH3 is 1. The minimum atomic E-state index is -0.304. The van der Waals surface area contributed by atoms with Crippen molar-refractivity contribution in [1.29, 1.82) is 0 Å². The molecule has 1 N–H and O–H groups in total. The summed E-state index contributed by atoms with van der Waals surface area (Å²) in [7, 11) is 5.52. The third kappa shape index (κ3) is 5.71. The summed E-state index contributed by atoms with van der Waals surface area (Å²) in [6.45, 7) is 0.449. The Kier molecular flexibility index (Phi) is 7.96. The number of rotatable bonds is 7. The third-order valence-electron chi connectivity index (χ3n) is 4.80. The first kappa shape index (κ1) is 23.9. The molecule has 0 atom stereocenters. The molecule has 0 aliphatic heterocycles. The number of halogens is 2. The summed E-state index contributed by atoms with van der Waals surface area (Å²) < 4.78 is 6.89. The number of nitrogens with zero attached hydrogens (tertiary/aromatic N) is 2. The van der Waals surface area contributed by atoms with Gasteiger partial charge in [-0.3, -0.25) is 0 Å². The van der Waals surface area contributed by atoms with Crippen LogP contribution >= 0.6 is 35.4 Å². The van der Waals surface area contributed by atoms with Crippen molar-refractivity contribution in [2.75, 3.05) is 26.1 Å². The van der Waals surface area contributed by atoms with Gasteiger partial charge in [-0.25, -0.2) is 0 Å². The number of ether oxygens (including phenoxy) is 1. The molecule has 8 heteroatoms. The molecule has 32 heavy (non-hydrogen) atoms. The number of hydrogen-bond donors (Lipinski definition) is 1. The summed E-state index contributed by atoms with van der Waals surface area (Å²) in [6.07, 6.45) is 3.60. The van der Waals surface area contributed by atoms with Crippen LogP contribution in [0.25, 0.3) is 11.5 Å². The molecular formula is C24H23Cl2N3O2S. The van der Waals surface area contributed by atoms with Crippen molar-refractivity contribution in [1.82, 2.24) is 5.32 Å². The van der Waals surface area contributed by atoms with Gasteiger partial charge in [-0.15, -0.1) is 0 Å². The van der Waals surface area contributed by atoms with Gasteiger partial charge in [0, 0.05) is 48.5 Å². The van der Waals surface area contributed by atoms with Crippen LogP contribution in [-0.2, 0) is 6.54 Å². The average molecular weight is 488 g/mol. The maximum Gasteiger partial charge on any atom is 0.238 e. The zero-order valence-electron chi connectivity index (χ0n) is 17.9. The van der Waals surface area contributed by atoms with Gasteiger partial charge in [0.2, 0.25) is 5.70 Å². The van der Waals surface area contributed by atoms with Crippen molar-refractivity contribution in [2.45, 2.75) is 6.54 Å². The lowest BCUT2D eigenvalue weighted by atomic mass is 10.1. The highest BCUT2D eigenvalue weighted by molar-refractivity contribution is 7.81. The predicted molar refractivity (Wildman–Crippen MR) is 133 cm³/mol. The van der Waals surface area contributed by atoms with Gasteiger partial charge in [-0.2, -0.15) is 4.57 Å². The largest absolute Gasteiger partial charge is 0.867 e. The van der Waals surface area contributed by atoms with Crippen LogP contribution in [0.4, 0.5) is 5.69 Å². The number of thiocarbonyl (C=S) groups is 1. The van der Waals surface area contributed by atoms with E-state index in [1.165, 1.54) is 0 Å². The SMILES string of the molecule is COc1ccc(CNC(=S)C(=C([O-])c2ccc(Cl)cc2Cl)[n+]2ccc(N(C)C)cc2)cc1. The van der Waals surface area contributed by atoms with Crippen LogP contribution in [-0.4, -0.2) is 26.2 Å². The molecule has 166 valence electrons. The van der Waals surface area contributed by atoms with Crippen LogP contribution in [0.15, 0.2) is 67.0 Å². The molecule has 0 aliphatic rings. The topological polar surface area (TPSA) is 51.4 Å². The molecule has 3 aromatic rings. The highest BCUT2D eigenvalue weighted by Crippen LogP contribution is 2.26. The zero-order valence-corrected chi connectivity index (χ0v) is 20.3. The Morgan fingerprint density at radius 3 is 2.28 bits per heavy atom. The van der Waals surface area contributed by atoms with Gasteiger partial charge >= 0.3 is 0 Å². The lowest BCUT2D eigenvalue weighted by Gasteiger charge is -2.19. The van der Waals surface area contributed by atoms with E-state index in [-0.39, 0.29) is 10.8 Å². The first-order chi connectivity index (χ1) is 15.3. The van der Waals surface area contributed by atoms with Crippen molar-refractivity contribution in [3.05, 3.63) is 88.2 Å². The summed E-state index contributed by atoms with van der Waals surface area (Å²) >= 11 is 18.0. The minimum absolute atomic E-state index is 0.267. The van der Waals surface area contributed by atoms with Crippen LogP contribution in [0.5, 0.6) is 5.75 Å². The molecule has 0 fully saturated rings. The Bertz CT molecular complexity index is 1130. The first-order valence-electron chi connectivity index (χ1n) is 9.77. The van der Waals surface area contributed by atoms with E-state index in [9.17, 15) is 5.11 Å². The molecule has 0 bridgehead atoms. The van der Waals surface area contributed by atoms with Crippen molar-refractivity contribution in [3.8, 4) is 5.75 Å². The minimum Gasteiger partial charge on any atom is -0.867 e. The molecule has 0 unspecified atom stereocenters. The molecule has 0 amide bonds. The molecule has 0 radical (unpaired) electrons. The smallest absolute Gasteiger partial charge is 0.238 e. The summed E-state index contributed by atoms with van der Waals surface area (Å²) in [4.78, 5) is 2.28. The predicted octanol–water partition coefficient (Wildman–Crippen LogP) is 4.16. The fourth-order valence-corrected chi connectivity index (χ4v) is 3.78. The Hall–Kier alpha value is -2.80. The van der Waals surface area contributed by atoms with Crippen molar-refractivity contribution in [2.24, 2.45) is 0 Å². The van der Waals surface area contributed by atoms with E-state index in [4.69, 9.17) is 40.2 Å². The number of benzene rings is 2. The highest BCUT2D eigenvalue weighted by Gasteiger charge is 2.20. The summed E-state index contributed by atoms with van der Waals surface area (Å²) in [5.74, 6) is 0.467. The second-order valence-electron chi connectivity index (χ2n) is 7.19. The fraction of sp³-hybridized carbons (Fsp3) is 0.167. The van der Waals surface area contributed by atoms with Crippen LogP contribution in [0.2, 0.25) is 10.0 Å². The van der Waals surface area contributed by atoms with E-state index < -0.39 is 0 Å². The average Bonchev–Trinajstić information content (AvgIpc) is 2.78. The quantitative estimate of drug-likeness (QED) is 0.234. The monoisotopic (exact) mass is 487 g/mol. The number of hydrogen-bond acceptors (Lipinski definition) is 4. The molecule has 3 rings (SSSR count). The van der Waals surface area contributed by atoms with Crippen molar-refractivity contribution >= 4 is 57.6 Å². The number of nitrogens with one attached hydrogen (secondary N) is 1. The lowest BCUT2D eigenvalue weighted by molar-refractivity contribution is -0.577. The molecule has 1 heterocycles.